The molecule has 0 bridgehead atoms. The summed E-state index contributed by atoms with van der Waals surface area (Å²) in [6.07, 6.45) is 6.33. The summed E-state index contributed by atoms with van der Waals surface area (Å²) < 4.78 is 0.882. The maximum absolute atomic E-state index is 9.93. The molecule has 0 atom stereocenters. The van der Waals surface area contributed by atoms with Gasteiger partial charge >= 0.3 is 0 Å². The third-order valence-electron chi connectivity index (χ3n) is 2.30. The van der Waals surface area contributed by atoms with E-state index in [1.807, 2.05) is 0 Å². The van der Waals surface area contributed by atoms with Gasteiger partial charge in [0.25, 0.3) is 0 Å². The van der Waals surface area contributed by atoms with Crippen LogP contribution >= 0.6 is 15.9 Å². The zero-order valence-electron chi connectivity index (χ0n) is 8.11. The van der Waals surface area contributed by atoms with E-state index in [0.29, 0.717) is 18.9 Å². The van der Waals surface area contributed by atoms with Crippen LogP contribution in [0.25, 0.3) is 0 Å². The van der Waals surface area contributed by atoms with Crippen LogP contribution < -0.4 is 0 Å². The van der Waals surface area contributed by atoms with Crippen molar-refractivity contribution in [3.63, 3.8) is 0 Å². The summed E-state index contributed by atoms with van der Waals surface area (Å²) in [5, 5.41) is 0. The molecule has 78 valence electrons. The summed E-state index contributed by atoms with van der Waals surface area (Å²) in [5.74, 6) is 1.47. The molecule has 1 saturated carbocycles. The van der Waals surface area contributed by atoms with Crippen LogP contribution in [0.15, 0.2) is 15.7 Å². The number of carbonyl (C=O) groups excluding carboxylic acids is 1. The van der Waals surface area contributed by atoms with Gasteiger partial charge in [-0.3, -0.25) is 0 Å². The average Bonchev–Trinajstić information content (AvgIpc) is 3.05. The van der Waals surface area contributed by atoms with Gasteiger partial charge in [0.05, 0.1) is 16.7 Å². The number of aromatic nitrogens is 2. The maximum Gasteiger partial charge on any atom is 0.234 e. The molecule has 1 aromatic heterocycles. The molecule has 0 amide bonds. The standard InChI is InChI=1S/C10H10BrN3O/c11-8-5-13-10(7-1-2-7)14-9(8)3-4-12-6-15/h5,7H,1-4H2. The highest BCUT2D eigenvalue weighted by Crippen LogP contribution is 2.38. The largest absolute Gasteiger partial charge is 0.240 e. The minimum atomic E-state index is 0.434. The first-order valence-corrected chi connectivity index (χ1v) is 5.65. The Balaban J connectivity index is 2.12. The number of halogens is 1. The fourth-order valence-corrected chi connectivity index (χ4v) is 1.73. The molecule has 0 unspecified atom stereocenters. The summed E-state index contributed by atoms with van der Waals surface area (Å²) in [7, 11) is 0. The predicted molar refractivity (Wildman–Crippen MR) is 58.4 cm³/mol. The van der Waals surface area contributed by atoms with E-state index in [-0.39, 0.29) is 0 Å². The Hall–Kier alpha value is -1.06. The Morgan fingerprint density at radius 1 is 1.60 bits per heavy atom. The highest BCUT2D eigenvalue weighted by atomic mass is 79.9. The molecule has 0 saturated heterocycles. The second-order valence-electron chi connectivity index (χ2n) is 3.52. The lowest BCUT2D eigenvalue weighted by Gasteiger charge is -2.03. The van der Waals surface area contributed by atoms with Gasteiger partial charge in [0, 0.05) is 18.5 Å². The second-order valence-corrected chi connectivity index (χ2v) is 4.37. The van der Waals surface area contributed by atoms with Crippen LogP contribution in [0.5, 0.6) is 0 Å². The highest BCUT2D eigenvalue weighted by Gasteiger charge is 2.26. The fraction of sp³-hybridized carbons (Fsp3) is 0.500. The zero-order chi connectivity index (χ0) is 10.7. The van der Waals surface area contributed by atoms with E-state index in [4.69, 9.17) is 0 Å². The van der Waals surface area contributed by atoms with Crippen LogP contribution in [0.1, 0.15) is 30.3 Å². The molecule has 1 aromatic rings. The molecule has 0 radical (unpaired) electrons. The lowest BCUT2D eigenvalue weighted by molar-refractivity contribution is 0.563. The van der Waals surface area contributed by atoms with E-state index in [0.717, 1.165) is 16.0 Å². The zero-order valence-corrected chi connectivity index (χ0v) is 9.70. The third kappa shape index (κ3) is 2.70. The molecule has 15 heavy (non-hydrogen) atoms. The predicted octanol–water partition coefficient (Wildman–Crippen LogP) is 1.99. The molecular formula is C10H10BrN3O. The first kappa shape index (κ1) is 10.5. The van der Waals surface area contributed by atoms with Crippen molar-refractivity contribution in [1.82, 2.24) is 9.97 Å². The van der Waals surface area contributed by atoms with Crippen LogP contribution in [0.3, 0.4) is 0 Å². The van der Waals surface area contributed by atoms with Crippen molar-refractivity contribution >= 4 is 22.0 Å². The van der Waals surface area contributed by atoms with Gasteiger partial charge in [0.15, 0.2) is 0 Å². The van der Waals surface area contributed by atoms with Crippen molar-refractivity contribution in [3.8, 4) is 0 Å². The molecule has 1 aliphatic rings. The number of hydrogen-bond donors (Lipinski definition) is 0. The molecule has 1 aliphatic carbocycles. The first-order valence-electron chi connectivity index (χ1n) is 4.86. The van der Waals surface area contributed by atoms with Crippen molar-refractivity contribution in [2.75, 3.05) is 6.54 Å². The van der Waals surface area contributed by atoms with Gasteiger partial charge in [0.2, 0.25) is 6.08 Å². The smallest absolute Gasteiger partial charge is 0.234 e. The molecular weight excluding hydrogens is 258 g/mol. The van der Waals surface area contributed by atoms with Gasteiger partial charge < -0.3 is 0 Å². The minimum absolute atomic E-state index is 0.434. The molecule has 0 aliphatic heterocycles. The maximum atomic E-state index is 9.93. The Morgan fingerprint density at radius 3 is 3.07 bits per heavy atom. The summed E-state index contributed by atoms with van der Waals surface area (Å²) in [4.78, 5) is 22.2. The monoisotopic (exact) mass is 267 g/mol. The fourth-order valence-electron chi connectivity index (χ4n) is 1.34. The van der Waals surface area contributed by atoms with Crippen molar-refractivity contribution in [2.45, 2.75) is 25.2 Å². The number of rotatable bonds is 4. The molecule has 4 nitrogen and oxygen atoms in total. The average molecular weight is 268 g/mol. The van der Waals surface area contributed by atoms with E-state index in [9.17, 15) is 4.79 Å². The molecule has 0 aromatic carbocycles. The SMILES string of the molecule is O=C=NCCc1nc(C2CC2)ncc1Br. The van der Waals surface area contributed by atoms with Gasteiger partial charge in [-0.2, -0.15) is 0 Å². The van der Waals surface area contributed by atoms with E-state index in [1.165, 1.54) is 18.9 Å². The first-order chi connectivity index (χ1) is 7.31. The molecule has 5 heteroatoms. The van der Waals surface area contributed by atoms with Crippen LogP contribution in [0.2, 0.25) is 0 Å². The number of nitrogens with zero attached hydrogens (tertiary/aromatic N) is 3. The van der Waals surface area contributed by atoms with Crippen molar-refractivity contribution in [2.24, 2.45) is 4.99 Å². The Kier molecular flexibility index (Phi) is 3.23. The molecule has 0 spiro atoms. The van der Waals surface area contributed by atoms with E-state index in [1.54, 1.807) is 6.20 Å². The third-order valence-corrected chi connectivity index (χ3v) is 2.97. The number of isocyanates is 1. The van der Waals surface area contributed by atoms with Crippen LogP contribution in [0.4, 0.5) is 0 Å². The molecule has 2 rings (SSSR count). The van der Waals surface area contributed by atoms with Gasteiger partial charge in [0.1, 0.15) is 5.82 Å². The quantitative estimate of drug-likeness (QED) is 0.619. The molecule has 1 fully saturated rings. The normalized spacial score (nSPS) is 14.7. The number of hydrogen-bond acceptors (Lipinski definition) is 4. The Morgan fingerprint density at radius 2 is 2.40 bits per heavy atom. The van der Waals surface area contributed by atoms with Crippen LogP contribution in [0, 0.1) is 0 Å². The Bertz CT molecular complexity index is 411. The molecule has 0 N–H and O–H groups in total. The lowest BCUT2D eigenvalue weighted by atomic mass is 10.3. The van der Waals surface area contributed by atoms with E-state index in [2.05, 4.69) is 30.9 Å². The van der Waals surface area contributed by atoms with E-state index < -0.39 is 0 Å². The Labute approximate surface area is 96.0 Å². The lowest BCUT2D eigenvalue weighted by Crippen LogP contribution is -2.01. The molecule has 1 heterocycles. The second kappa shape index (κ2) is 4.64. The summed E-state index contributed by atoms with van der Waals surface area (Å²) in [6, 6.07) is 0. The highest BCUT2D eigenvalue weighted by molar-refractivity contribution is 9.10. The van der Waals surface area contributed by atoms with Gasteiger partial charge in [-0.15, -0.1) is 0 Å². The van der Waals surface area contributed by atoms with Gasteiger partial charge in [-0.1, -0.05) is 0 Å². The van der Waals surface area contributed by atoms with Gasteiger partial charge in [-0.25, -0.2) is 19.8 Å². The van der Waals surface area contributed by atoms with Crippen LogP contribution in [-0.4, -0.2) is 22.6 Å². The van der Waals surface area contributed by atoms with Crippen LogP contribution in [-0.2, 0) is 11.2 Å². The number of aliphatic imine (C=N–C) groups is 1. The summed E-state index contributed by atoms with van der Waals surface area (Å²) in [6.45, 7) is 0.434. The minimum Gasteiger partial charge on any atom is -0.240 e. The van der Waals surface area contributed by atoms with Crippen molar-refractivity contribution < 1.29 is 4.79 Å². The topological polar surface area (TPSA) is 55.2 Å². The van der Waals surface area contributed by atoms with E-state index >= 15 is 0 Å². The van der Waals surface area contributed by atoms with Gasteiger partial charge in [-0.05, 0) is 28.8 Å². The summed E-state index contributed by atoms with van der Waals surface area (Å²) >= 11 is 3.39. The van der Waals surface area contributed by atoms with Crippen molar-refractivity contribution in [1.29, 1.82) is 0 Å². The van der Waals surface area contributed by atoms with Crippen molar-refractivity contribution in [3.05, 3.63) is 22.2 Å². The summed E-state index contributed by atoms with van der Waals surface area (Å²) in [5.41, 5.74) is 0.922.